The maximum Gasteiger partial charge on any atom is 0.254 e. The molecular formula is C27H27F2N5O3. The summed E-state index contributed by atoms with van der Waals surface area (Å²) < 4.78 is 37.1. The van der Waals surface area contributed by atoms with Gasteiger partial charge >= 0.3 is 0 Å². The van der Waals surface area contributed by atoms with Crippen LogP contribution in [0.3, 0.4) is 0 Å². The van der Waals surface area contributed by atoms with Gasteiger partial charge in [0.15, 0.2) is 11.6 Å². The fourth-order valence-electron chi connectivity index (χ4n) is 3.83. The summed E-state index contributed by atoms with van der Waals surface area (Å²) in [7, 11) is 1.39. The maximum atomic E-state index is 15.1. The highest BCUT2D eigenvalue weighted by Gasteiger charge is 2.19. The van der Waals surface area contributed by atoms with Crippen LogP contribution >= 0.6 is 0 Å². The number of hydrogen-bond donors (Lipinski definition) is 2. The second kappa shape index (κ2) is 9.96. The molecule has 2 heterocycles. The van der Waals surface area contributed by atoms with Gasteiger partial charge in [-0.2, -0.15) is 5.10 Å². The van der Waals surface area contributed by atoms with Crippen LogP contribution in [0.2, 0.25) is 0 Å². The monoisotopic (exact) mass is 507 g/mol. The molecule has 37 heavy (non-hydrogen) atoms. The Morgan fingerprint density at radius 3 is 2.51 bits per heavy atom. The van der Waals surface area contributed by atoms with E-state index in [1.54, 1.807) is 30.1 Å². The molecule has 4 rings (SSSR count). The number of rotatable bonds is 6. The molecule has 0 atom stereocenters. The van der Waals surface area contributed by atoms with Crippen LogP contribution in [0.25, 0.3) is 10.9 Å². The van der Waals surface area contributed by atoms with Gasteiger partial charge in [-0.3, -0.25) is 19.3 Å². The lowest BCUT2D eigenvalue weighted by Crippen LogP contribution is -2.22. The molecule has 8 nitrogen and oxygen atoms in total. The van der Waals surface area contributed by atoms with E-state index in [1.807, 2.05) is 20.8 Å². The standard InChI is InChI=1S/C27H27F2N5O3/c1-15-8-16(10-24(35)33-17-13-32-34(14-17)27(2,3)4)9-21(29)25(15)37-23-6-7-31-22-12-20(28)18(11-19(22)23)26(36)30-5/h6-9,11-14H,10H2,1-5H3,(H,30,36)(H,33,35). The van der Waals surface area contributed by atoms with Gasteiger partial charge in [-0.15, -0.1) is 0 Å². The van der Waals surface area contributed by atoms with E-state index in [2.05, 4.69) is 20.7 Å². The van der Waals surface area contributed by atoms with Crippen LogP contribution in [-0.2, 0) is 16.8 Å². The van der Waals surface area contributed by atoms with E-state index in [-0.39, 0.29) is 40.4 Å². The van der Waals surface area contributed by atoms with Crippen molar-refractivity contribution >= 4 is 28.4 Å². The molecule has 4 aromatic rings. The SMILES string of the molecule is CNC(=O)c1cc2c(Oc3c(C)cc(CC(=O)Nc4cnn(C(C)(C)C)c4)cc3F)ccnc2cc1F. The third kappa shape index (κ3) is 5.58. The normalized spacial score (nSPS) is 11.4. The Hall–Kier alpha value is -4.34. The van der Waals surface area contributed by atoms with Gasteiger partial charge in [-0.25, -0.2) is 8.78 Å². The Bertz CT molecular complexity index is 1480. The molecule has 2 aromatic heterocycles. The van der Waals surface area contributed by atoms with Crippen molar-refractivity contribution in [2.75, 3.05) is 12.4 Å². The molecule has 0 saturated carbocycles. The van der Waals surface area contributed by atoms with E-state index in [0.717, 1.165) is 6.07 Å². The molecular weight excluding hydrogens is 480 g/mol. The topological polar surface area (TPSA) is 98.1 Å². The lowest BCUT2D eigenvalue weighted by Gasteiger charge is -2.18. The van der Waals surface area contributed by atoms with Gasteiger partial charge in [0.1, 0.15) is 11.6 Å². The summed E-state index contributed by atoms with van der Waals surface area (Å²) in [6.07, 6.45) is 4.66. The third-order valence-corrected chi connectivity index (χ3v) is 5.68. The third-order valence-electron chi connectivity index (χ3n) is 5.68. The summed E-state index contributed by atoms with van der Waals surface area (Å²) in [5.41, 5.74) is 1.32. The number of aromatic nitrogens is 3. The molecule has 0 aliphatic carbocycles. The molecule has 0 radical (unpaired) electrons. The predicted molar refractivity (Wildman–Crippen MR) is 136 cm³/mol. The first-order chi connectivity index (χ1) is 17.5. The van der Waals surface area contributed by atoms with Crippen LogP contribution in [-0.4, -0.2) is 33.6 Å². The zero-order chi connectivity index (χ0) is 26.9. The van der Waals surface area contributed by atoms with E-state index in [0.29, 0.717) is 22.2 Å². The minimum Gasteiger partial charge on any atom is -0.453 e. The lowest BCUT2D eigenvalue weighted by molar-refractivity contribution is -0.115. The number of hydrogen-bond acceptors (Lipinski definition) is 5. The fourth-order valence-corrected chi connectivity index (χ4v) is 3.83. The molecule has 0 fully saturated rings. The molecule has 0 bridgehead atoms. The number of aryl methyl sites for hydroxylation is 1. The fraction of sp³-hybridized carbons (Fsp3) is 0.259. The number of nitrogens with one attached hydrogen (secondary N) is 2. The van der Waals surface area contributed by atoms with Gasteiger partial charge < -0.3 is 15.4 Å². The molecule has 2 N–H and O–H groups in total. The zero-order valence-corrected chi connectivity index (χ0v) is 21.1. The van der Waals surface area contributed by atoms with Gasteiger partial charge in [-0.1, -0.05) is 6.07 Å². The first-order valence-electron chi connectivity index (χ1n) is 11.6. The average molecular weight is 508 g/mol. The molecule has 192 valence electrons. The quantitative estimate of drug-likeness (QED) is 0.378. The highest BCUT2D eigenvalue weighted by atomic mass is 19.1. The summed E-state index contributed by atoms with van der Waals surface area (Å²) in [5, 5.41) is 9.75. The summed E-state index contributed by atoms with van der Waals surface area (Å²) in [6, 6.07) is 6.85. The molecule has 2 amide bonds. The van der Waals surface area contributed by atoms with E-state index >= 15 is 4.39 Å². The van der Waals surface area contributed by atoms with Crippen molar-refractivity contribution in [1.29, 1.82) is 0 Å². The van der Waals surface area contributed by atoms with Gasteiger partial charge in [0.05, 0.1) is 34.9 Å². The summed E-state index contributed by atoms with van der Waals surface area (Å²) in [6.45, 7) is 7.64. The van der Waals surface area contributed by atoms with Crippen LogP contribution in [0.5, 0.6) is 11.5 Å². The number of pyridine rings is 1. The Labute approximate surface area is 212 Å². The van der Waals surface area contributed by atoms with E-state index < -0.39 is 17.5 Å². The average Bonchev–Trinajstić information content (AvgIpc) is 3.29. The molecule has 2 aromatic carbocycles. The largest absolute Gasteiger partial charge is 0.453 e. The van der Waals surface area contributed by atoms with E-state index in [9.17, 15) is 14.0 Å². The Morgan fingerprint density at radius 1 is 1.11 bits per heavy atom. The maximum absolute atomic E-state index is 15.1. The highest BCUT2D eigenvalue weighted by Crippen LogP contribution is 2.34. The van der Waals surface area contributed by atoms with Crippen LogP contribution < -0.4 is 15.4 Å². The molecule has 0 spiro atoms. The van der Waals surface area contributed by atoms with Crippen molar-refractivity contribution in [2.45, 2.75) is 39.7 Å². The summed E-state index contributed by atoms with van der Waals surface area (Å²) in [5.74, 6) is -2.16. The number of fused-ring (bicyclic) bond motifs is 1. The van der Waals surface area contributed by atoms with Crippen LogP contribution in [0.4, 0.5) is 14.5 Å². The minimum atomic E-state index is -0.729. The minimum absolute atomic E-state index is 0.0473. The Morgan fingerprint density at radius 2 is 1.86 bits per heavy atom. The van der Waals surface area contributed by atoms with Crippen molar-refractivity contribution in [3.63, 3.8) is 0 Å². The second-order valence-electron chi connectivity index (χ2n) is 9.63. The van der Waals surface area contributed by atoms with Crippen molar-refractivity contribution in [1.82, 2.24) is 20.1 Å². The van der Waals surface area contributed by atoms with Crippen LogP contribution in [0, 0.1) is 18.6 Å². The van der Waals surface area contributed by atoms with Crippen molar-refractivity contribution < 1.29 is 23.1 Å². The van der Waals surface area contributed by atoms with Gasteiger partial charge in [0, 0.05) is 30.9 Å². The highest BCUT2D eigenvalue weighted by molar-refractivity contribution is 5.99. The molecule has 0 saturated heterocycles. The zero-order valence-electron chi connectivity index (χ0n) is 21.1. The van der Waals surface area contributed by atoms with Gasteiger partial charge in [0.2, 0.25) is 5.91 Å². The lowest BCUT2D eigenvalue weighted by atomic mass is 10.1. The molecule has 0 unspecified atom stereocenters. The second-order valence-corrected chi connectivity index (χ2v) is 9.63. The number of nitrogens with zero attached hydrogens (tertiary/aromatic N) is 3. The number of anilines is 1. The number of carbonyl (C=O) groups is 2. The smallest absolute Gasteiger partial charge is 0.254 e. The first kappa shape index (κ1) is 25.7. The van der Waals surface area contributed by atoms with Crippen molar-refractivity contribution in [3.8, 4) is 11.5 Å². The predicted octanol–water partition coefficient (Wildman–Crippen LogP) is 5.11. The first-order valence-corrected chi connectivity index (χ1v) is 11.6. The number of benzene rings is 2. The van der Waals surface area contributed by atoms with E-state index in [4.69, 9.17) is 4.74 Å². The van der Waals surface area contributed by atoms with Gasteiger partial charge in [-0.05, 0) is 57.0 Å². The Balaban J connectivity index is 1.56. The summed E-state index contributed by atoms with van der Waals surface area (Å²) >= 11 is 0. The number of halogens is 2. The molecule has 10 heteroatoms. The van der Waals surface area contributed by atoms with Crippen LogP contribution in [0.15, 0.2) is 48.9 Å². The number of amides is 2. The summed E-state index contributed by atoms with van der Waals surface area (Å²) in [4.78, 5) is 28.7. The van der Waals surface area contributed by atoms with Crippen LogP contribution in [0.1, 0.15) is 42.3 Å². The Kier molecular flexibility index (Phi) is 6.93. The number of ether oxygens (including phenoxy) is 1. The molecule has 0 aliphatic heterocycles. The van der Waals surface area contributed by atoms with Gasteiger partial charge in [0.25, 0.3) is 5.91 Å². The van der Waals surface area contributed by atoms with Crippen molar-refractivity contribution in [3.05, 3.63) is 77.2 Å². The van der Waals surface area contributed by atoms with Crippen molar-refractivity contribution in [2.24, 2.45) is 0 Å². The van der Waals surface area contributed by atoms with E-state index in [1.165, 1.54) is 31.4 Å². The number of carbonyl (C=O) groups excluding carboxylic acids is 2. The molecule has 0 aliphatic rings.